The normalized spacial score (nSPS) is 12.6. The predicted molar refractivity (Wildman–Crippen MR) is 60.2 cm³/mol. The molecule has 0 radical (unpaired) electrons. The molecule has 0 aliphatic heterocycles. The highest BCUT2D eigenvalue weighted by Gasteiger charge is 2.09. The van der Waals surface area contributed by atoms with Gasteiger partial charge < -0.3 is 4.90 Å². The van der Waals surface area contributed by atoms with Gasteiger partial charge in [0.05, 0.1) is 0 Å². The van der Waals surface area contributed by atoms with Gasteiger partial charge in [0.2, 0.25) is 0 Å². The van der Waals surface area contributed by atoms with Gasteiger partial charge in [-0.25, -0.2) is 0 Å². The maximum atomic E-state index is 8.19. The molecule has 0 aliphatic carbocycles. The fraction of sp³-hybridized carbons (Fsp3) is 1.00. The third kappa shape index (κ3) is 5.84. The largest absolute Gasteiger partial charge is 0.301 e. The highest BCUT2D eigenvalue weighted by Crippen LogP contribution is 2.05. The molecule has 0 aromatic heterocycles. The summed E-state index contributed by atoms with van der Waals surface area (Å²) in [7, 11) is 0. The van der Waals surface area contributed by atoms with Gasteiger partial charge in [0, 0.05) is 24.0 Å². The molecule has 0 amide bonds. The van der Waals surface area contributed by atoms with Crippen LogP contribution in [-0.2, 0) is 0 Å². The second-order valence-corrected chi connectivity index (χ2v) is 3.60. The highest BCUT2D eigenvalue weighted by atomic mass is 15.2. The maximum Gasteiger partial charge on any atom is 0.0385 e. The number of azide groups is 1. The van der Waals surface area contributed by atoms with Gasteiger partial charge in [-0.3, -0.25) is 0 Å². The first kappa shape index (κ1) is 13.3. The molecule has 0 aromatic rings. The zero-order valence-corrected chi connectivity index (χ0v) is 9.61. The molecule has 4 nitrogen and oxygen atoms in total. The lowest BCUT2D eigenvalue weighted by molar-refractivity contribution is 0.206. The van der Waals surface area contributed by atoms with E-state index in [2.05, 4.69) is 35.7 Å². The SMILES string of the molecule is CCCCN(CCN=[N+]=[N-])C(C)CC. The standard InChI is InChI=1S/C10H22N4/c1-4-6-8-14(10(3)5-2)9-7-12-13-11/h10H,4-9H2,1-3H3. The van der Waals surface area contributed by atoms with E-state index in [1.165, 1.54) is 12.8 Å². The molecular formula is C10H22N4. The van der Waals surface area contributed by atoms with E-state index in [1.807, 2.05) is 0 Å². The van der Waals surface area contributed by atoms with Crippen molar-refractivity contribution in [1.29, 1.82) is 0 Å². The van der Waals surface area contributed by atoms with Crippen LogP contribution >= 0.6 is 0 Å². The van der Waals surface area contributed by atoms with Crippen molar-refractivity contribution in [2.24, 2.45) is 5.11 Å². The number of rotatable bonds is 8. The molecule has 0 saturated carbocycles. The van der Waals surface area contributed by atoms with Crippen molar-refractivity contribution in [2.75, 3.05) is 19.6 Å². The van der Waals surface area contributed by atoms with Gasteiger partial charge in [0.1, 0.15) is 0 Å². The van der Waals surface area contributed by atoms with Crippen LogP contribution in [0.15, 0.2) is 5.11 Å². The monoisotopic (exact) mass is 198 g/mol. The Morgan fingerprint density at radius 2 is 2.07 bits per heavy atom. The van der Waals surface area contributed by atoms with E-state index in [0.717, 1.165) is 19.5 Å². The predicted octanol–water partition coefficient (Wildman–Crippen LogP) is 3.20. The summed E-state index contributed by atoms with van der Waals surface area (Å²) in [6, 6.07) is 0.593. The zero-order chi connectivity index (χ0) is 10.8. The topological polar surface area (TPSA) is 52.0 Å². The lowest BCUT2D eigenvalue weighted by Crippen LogP contribution is -2.35. The Morgan fingerprint density at radius 1 is 1.36 bits per heavy atom. The first-order valence-electron chi connectivity index (χ1n) is 5.51. The lowest BCUT2D eigenvalue weighted by Gasteiger charge is -2.27. The van der Waals surface area contributed by atoms with Crippen molar-refractivity contribution >= 4 is 0 Å². The summed E-state index contributed by atoms with van der Waals surface area (Å²) in [4.78, 5) is 5.17. The molecule has 0 spiro atoms. The summed E-state index contributed by atoms with van der Waals surface area (Å²) >= 11 is 0. The van der Waals surface area contributed by atoms with Crippen molar-refractivity contribution in [2.45, 2.75) is 46.1 Å². The minimum absolute atomic E-state index is 0.588. The molecule has 0 aromatic carbocycles. The third-order valence-electron chi connectivity index (χ3n) is 2.56. The number of unbranched alkanes of at least 4 members (excludes halogenated alkanes) is 1. The van der Waals surface area contributed by atoms with Gasteiger partial charge in [0.15, 0.2) is 0 Å². The fourth-order valence-corrected chi connectivity index (χ4v) is 1.39. The van der Waals surface area contributed by atoms with Crippen molar-refractivity contribution in [3.8, 4) is 0 Å². The second kappa shape index (κ2) is 8.85. The van der Waals surface area contributed by atoms with E-state index < -0.39 is 0 Å². The average molecular weight is 198 g/mol. The Labute approximate surface area is 86.9 Å². The molecule has 0 bridgehead atoms. The van der Waals surface area contributed by atoms with E-state index in [-0.39, 0.29) is 0 Å². The molecule has 0 N–H and O–H groups in total. The molecule has 14 heavy (non-hydrogen) atoms. The molecule has 0 rings (SSSR count). The van der Waals surface area contributed by atoms with Crippen LogP contribution in [0.3, 0.4) is 0 Å². The molecule has 4 heteroatoms. The summed E-state index contributed by atoms with van der Waals surface area (Å²) in [5.74, 6) is 0. The maximum absolute atomic E-state index is 8.19. The van der Waals surface area contributed by atoms with Gasteiger partial charge in [-0.05, 0) is 31.8 Å². The fourth-order valence-electron chi connectivity index (χ4n) is 1.39. The van der Waals surface area contributed by atoms with E-state index in [4.69, 9.17) is 5.53 Å². The summed E-state index contributed by atoms with van der Waals surface area (Å²) in [5.41, 5.74) is 8.19. The third-order valence-corrected chi connectivity index (χ3v) is 2.56. The quantitative estimate of drug-likeness (QED) is 0.335. The minimum atomic E-state index is 0.588. The summed E-state index contributed by atoms with van der Waals surface area (Å²) < 4.78 is 0. The van der Waals surface area contributed by atoms with E-state index in [0.29, 0.717) is 12.6 Å². The molecule has 0 heterocycles. The smallest absolute Gasteiger partial charge is 0.0385 e. The Kier molecular flexibility index (Phi) is 8.39. The summed E-state index contributed by atoms with van der Waals surface area (Å²) in [6.45, 7) is 9.21. The average Bonchev–Trinajstić information content (AvgIpc) is 2.22. The Morgan fingerprint density at radius 3 is 2.57 bits per heavy atom. The van der Waals surface area contributed by atoms with Crippen LogP contribution < -0.4 is 0 Å². The molecule has 0 saturated heterocycles. The van der Waals surface area contributed by atoms with Crippen molar-refractivity contribution in [3.05, 3.63) is 10.4 Å². The van der Waals surface area contributed by atoms with E-state index >= 15 is 0 Å². The Hall–Kier alpha value is -0.730. The minimum Gasteiger partial charge on any atom is -0.301 e. The van der Waals surface area contributed by atoms with Crippen LogP contribution in [0.5, 0.6) is 0 Å². The first-order valence-corrected chi connectivity index (χ1v) is 5.51. The number of hydrogen-bond donors (Lipinski definition) is 0. The van der Waals surface area contributed by atoms with E-state index in [9.17, 15) is 0 Å². The van der Waals surface area contributed by atoms with Crippen LogP contribution in [0.1, 0.15) is 40.0 Å². The zero-order valence-electron chi connectivity index (χ0n) is 9.61. The number of hydrogen-bond acceptors (Lipinski definition) is 2. The highest BCUT2D eigenvalue weighted by molar-refractivity contribution is 4.66. The molecule has 0 fully saturated rings. The second-order valence-electron chi connectivity index (χ2n) is 3.60. The number of nitrogens with zero attached hydrogens (tertiary/aromatic N) is 4. The molecule has 82 valence electrons. The first-order chi connectivity index (χ1) is 6.76. The van der Waals surface area contributed by atoms with Crippen LogP contribution in [0, 0.1) is 0 Å². The van der Waals surface area contributed by atoms with Gasteiger partial charge in [-0.15, -0.1) is 0 Å². The van der Waals surface area contributed by atoms with Crippen LogP contribution in [0.4, 0.5) is 0 Å². The van der Waals surface area contributed by atoms with E-state index in [1.54, 1.807) is 0 Å². The molecule has 1 atom stereocenters. The molecule has 0 aliphatic rings. The van der Waals surface area contributed by atoms with Gasteiger partial charge in [0.25, 0.3) is 0 Å². The Balaban J connectivity index is 3.89. The molecule has 1 unspecified atom stereocenters. The van der Waals surface area contributed by atoms with Crippen molar-refractivity contribution in [3.63, 3.8) is 0 Å². The Bertz CT molecular complexity index is 175. The van der Waals surface area contributed by atoms with Crippen molar-refractivity contribution < 1.29 is 0 Å². The van der Waals surface area contributed by atoms with Crippen LogP contribution in [-0.4, -0.2) is 30.6 Å². The summed E-state index contributed by atoms with van der Waals surface area (Å²) in [5, 5.41) is 3.58. The van der Waals surface area contributed by atoms with Gasteiger partial charge in [-0.1, -0.05) is 25.4 Å². The van der Waals surface area contributed by atoms with Gasteiger partial charge in [-0.2, -0.15) is 0 Å². The van der Waals surface area contributed by atoms with Crippen LogP contribution in [0.2, 0.25) is 0 Å². The van der Waals surface area contributed by atoms with Crippen LogP contribution in [0.25, 0.3) is 10.4 Å². The lowest BCUT2D eigenvalue weighted by atomic mass is 10.2. The van der Waals surface area contributed by atoms with Crippen molar-refractivity contribution in [1.82, 2.24) is 4.90 Å². The summed E-state index contributed by atoms with van der Waals surface area (Å²) in [6.07, 6.45) is 3.59. The van der Waals surface area contributed by atoms with Gasteiger partial charge >= 0.3 is 0 Å². The molecular weight excluding hydrogens is 176 g/mol.